The molecule has 0 fully saturated rings. The van der Waals surface area contributed by atoms with E-state index in [9.17, 15) is 67.2 Å². The summed E-state index contributed by atoms with van der Waals surface area (Å²) in [7, 11) is 0. The van der Waals surface area contributed by atoms with Crippen LogP contribution in [0.4, 0.5) is 68.5 Å². The van der Waals surface area contributed by atoms with E-state index in [1.54, 1.807) is 0 Å². The zero-order valence-electron chi connectivity index (χ0n) is 14.8. The molecule has 1 aliphatic rings. The molecule has 0 bridgehead atoms. The van der Waals surface area contributed by atoms with Gasteiger partial charge in [0.15, 0.2) is 5.17 Å². The lowest BCUT2D eigenvalue weighted by atomic mass is 9.97. The van der Waals surface area contributed by atoms with E-state index in [-0.39, 0.29) is 12.1 Å². The molecule has 184 valence electrons. The number of allylic oxidation sites excluding steroid dienone is 1. The Kier molecular flexibility index (Phi) is 6.38. The highest BCUT2D eigenvalue weighted by Gasteiger charge is 2.77. The van der Waals surface area contributed by atoms with Crippen LogP contribution < -0.4 is 5.32 Å². The van der Waals surface area contributed by atoms with E-state index in [1.807, 2.05) is 0 Å². The first-order valence-corrected chi connectivity index (χ1v) is 8.46. The van der Waals surface area contributed by atoms with E-state index >= 15 is 0 Å². The molecule has 0 atom stereocenters. The van der Waals surface area contributed by atoms with Gasteiger partial charge in [0.25, 0.3) is 11.2 Å². The van der Waals surface area contributed by atoms with Crippen LogP contribution in [0.2, 0.25) is 0 Å². The molecule has 1 aromatic carbocycles. The molecule has 19 heteroatoms. The summed E-state index contributed by atoms with van der Waals surface area (Å²) in [4.78, 5) is 8.37. The molecule has 1 aromatic rings. The lowest BCUT2D eigenvalue weighted by molar-refractivity contribution is -0.388. The normalized spacial score (nSPS) is 18.8. The predicted octanol–water partition coefficient (Wildman–Crippen LogP) is 6.74. The molecule has 0 aromatic heterocycles. The van der Waals surface area contributed by atoms with Crippen LogP contribution in [0.25, 0.3) is 0 Å². The second kappa shape index (κ2) is 7.94. The minimum atomic E-state index is -6.66. The Morgan fingerprint density at radius 2 is 1.48 bits per heavy atom. The van der Waals surface area contributed by atoms with Crippen molar-refractivity contribution < 1.29 is 62.0 Å². The van der Waals surface area contributed by atoms with Crippen molar-refractivity contribution in [3.8, 4) is 0 Å². The van der Waals surface area contributed by atoms with Crippen LogP contribution in [0, 0.1) is 10.1 Å². The van der Waals surface area contributed by atoms with Crippen molar-refractivity contribution >= 4 is 28.3 Å². The van der Waals surface area contributed by atoms with Gasteiger partial charge in [-0.05, 0) is 12.1 Å². The monoisotopic (exact) mass is 525 g/mol. The van der Waals surface area contributed by atoms with Crippen LogP contribution in [0.3, 0.4) is 0 Å². The predicted molar refractivity (Wildman–Crippen MR) is 85.8 cm³/mol. The molecular weight excluding hydrogens is 521 g/mol. The Labute approximate surface area is 176 Å². The molecule has 33 heavy (non-hydrogen) atoms. The molecule has 1 heterocycles. The fraction of sp³-hybridized carbons (Fsp3) is 0.357. The first-order valence-electron chi connectivity index (χ1n) is 7.64. The van der Waals surface area contributed by atoms with E-state index in [0.29, 0.717) is 6.07 Å². The minimum Gasteiger partial charge on any atom is -0.335 e. The lowest BCUT2D eigenvalue weighted by Crippen LogP contribution is -2.55. The number of amidine groups is 1. The zero-order valence-corrected chi connectivity index (χ0v) is 15.6. The smallest absolute Gasteiger partial charge is 0.335 e. The largest absolute Gasteiger partial charge is 0.443 e. The van der Waals surface area contributed by atoms with Crippen molar-refractivity contribution in [2.45, 2.75) is 30.2 Å². The summed E-state index contributed by atoms with van der Waals surface area (Å²) in [5.41, 5.74) is -10.3. The average molecular weight is 525 g/mol. The quantitative estimate of drug-likeness (QED) is 0.264. The van der Waals surface area contributed by atoms with Gasteiger partial charge in [-0.1, -0.05) is 11.8 Å². The Morgan fingerprint density at radius 3 is 1.88 bits per heavy atom. The fourth-order valence-corrected chi connectivity index (χ4v) is 3.63. The number of nitrogens with one attached hydrogen (secondary N) is 1. The van der Waals surface area contributed by atoms with Gasteiger partial charge < -0.3 is 5.32 Å². The second-order valence-electron chi connectivity index (χ2n) is 5.98. The van der Waals surface area contributed by atoms with Gasteiger partial charge in [-0.2, -0.15) is 52.7 Å². The number of nitrogens with zero attached hydrogens (tertiary/aromatic N) is 2. The van der Waals surface area contributed by atoms with E-state index in [4.69, 9.17) is 0 Å². The van der Waals surface area contributed by atoms with Gasteiger partial charge in [-0.25, -0.2) is 9.38 Å². The summed E-state index contributed by atoms with van der Waals surface area (Å²) in [5, 5.41) is 10.5. The Balaban J connectivity index is 2.70. The zero-order chi connectivity index (χ0) is 25.8. The van der Waals surface area contributed by atoms with Gasteiger partial charge in [-0.3, -0.25) is 10.1 Å². The molecule has 0 saturated heterocycles. The topological polar surface area (TPSA) is 67.5 Å². The summed E-state index contributed by atoms with van der Waals surface area (Å²) in [6, 6.07) is 0.478. The molecule has 0 aliphatic carbocycles. The molecule has 0 radical (unpaired) electrons. The van der Waals surface area contributed by atoms with Crippen molar-refractivity contribution in [3.05, 3.63) is 44.6 Å². The standard InChI is InChI=1S/C14H4F13N3O2S/c15-7(12(19,20)21)8-10(13(22,23)24,14(25,26)27)29-9(33-8)28-4-1-2-6(30(31)32)5(3-4)11(16,17)18/h1-3H,(H,28,29)/b8-7+. The Bertz CT molecular complexity index is 1010. The number of halogens is 13. The highest BCUT2D eigenvalue weighted by molar-refractivity contribution is 8.17. The van der Waals surface area contributed by atoms with Gasteiger partial charge in [0, 0.05) is 11.8 Å². The van der Waals surface area contributed by atoms with Crippen molar-refractivity contribution in [3.63, 3.8) is 0 Å². The molecule has 1 N–H and O–H groups in total. The number of nitro groups is 1. The first-order chi connectivity index (χ1) is 14.6. The fourth-order valence-electron chi connectivity index (χ4n) is 2.45. The number of hydrogen-bond donors (Lipinski definition) is 1. The average Bonchev–Trinajstić information content (AvgIpc) is 2.99. The summed E-state index contributed by atoms with van der Waals surface area (Å²) in [6.45, 7) is 0. The lowest BCUT2D eigenvalue weighted by Gasteiger charge is -2.31. The van der Waals surface area contributed by atoms with Crippen LogP contribution in [0.1, 0.15) is 5.56 Å². The number of aliphatic imine (C=N–C) groups is 1. The third-order valence-corrected chi connectivity index (χ3v) is 4.88. The van der Waals surface area contributed by atoms with Crippen LogP contribution in [0.15, 0.2) is 33.9 Å². The SMILES string of the molecule is O=[N+]([O-])c1ccc(NC2=NC(C(F)(F)F)(C(F)(F)F)/C(=C(\F)C(F)(F)F)S2)cc1C(F)(F)F. The molecule has 0 spiro atoms. The Morgan fingerprint density at radius 1 is 0.970 bits per heavy atom. The Hall–Kier alpha value is -2.73. The van der Waals surface area contributed by atoms with Crippen molar-refractivity contribution in [2.75, 3.05) is 5.32 Å². The summed E-state index contributed by atoms with van der Waals surface area (Å²) in [5.74, 6) is -3.78. The van der Waals surface area contributed by atoms with Gasteiger partial charge in [0.1, 0.15) is 5.56 Å². The molecule has 2 rings (SSSR count). The highest BCUT2D eigenvalue weighted by atomic mass is 32.2. The summed E-state index contributed by atoms with van der Waals surface area (Å²) < 4.78 is 170. The number of nitro benzene ring substituents is 1. The molecule has 1 aliphatic heterocycles. The van der Waals surface area contributed by atoms with E-state index in [0.717, 1.165) is 0 Å². The molecule has 5 nitrogen and oxygen atoms in total. The third-order valence-electron chi connectivity index (χ3n) is 3.82. The van der Waals surface area contributed by atoms with Crippen LogP contribution in [0.5, 0.6) is 0 Å². The van der Waals surface area contributed by atoms with Gasteiger partial charge in [0.2, 0.25) is 5.83 Å². The third kappa shape index (κ3) is 4.81. The molecule has 0 amide bonds. The van der Waals surface area contributed by atoms with Gasteiger partial charge >= 0.3 is 24.7 Å². The molecular formula is C14H4F13N3O2S. The highest BCUT2D eigenvalue weighted by Crippen LogP contribution is 2.59. The number of rotatable bonds is 2. The molecule has 0 saturated carbocycles. The van der Waals surface area contributed by atoms with Crippen LogP contribution in [-0.2, 0) is 6.18 Å². The maximum atomic E-state index is 13.7. The number of benzene rings is 1. The van der Waals surface area contributed by atoms with Crippen LogP contribution >= 0.6 is 11.8 Å². The van der Waals surface area contributed by atoms with Crippen LogP contribution in [-0.4, -0.2) is 34.2 Å². The number of alkyl halides is 12. The van der Waals surface area contributed by atoms with Crippen molar-refractivity contribution in [2.24, 2.45) is 4.99 Å². The summed E-state index contributed by atoms with van der Waals surface area (Å²) in [6.07, 6.45) is -25.0. The van der Waals surface area contributed by atoms with Crippen molar-refractivity contribution in [1.82, 2.24) is 0 Å². The van der Waals surface area contributed by atoms with Crippen molar-refractivity contribution in [1.29, 1.82) is 0 Å². The maximum Gasteiger partial charge on any atom is 0.443 e. The number of hydrogen-bond acceptors (Lipinski definition) is 5. The molecule has 0 unspecified atom stereocenters. The number of thioether (sulfide) groups is 1. The first kappa shape index (κ1) is 26.5. The van der Waals surface area contributed by atoms with E-state index < -0.39 is 79.8 Å². The maximum absolute atomic E-state index is 13.7. The van der Waals surface area contributed by atoms with Gasteiger partial charge in [0.05, 0.1) is 9.83 Å². The van der Waals surface area contributed by atoms with E-state index in [1.165, 1.54) is 5.32 Å². The number of anilines is 1. The van der Waals surface area contributed by atoms with Gasteiger partial charge in [-0.15, -0.1) is 0 Å². The summed E-state index contributed by atoms with van der Waals surface area (Å²) >= 11 is -1.11. The second-order valence-corrected chi connectivity index (χ2v) is 6.98. The van der Waals surface area contributed by atoms with E-state index in [2.05, 4.69) is 4.99 Å². The minimum absolute atomic E-state index is 0.105.